The molecule has 0 radical (unpaired) electrons. The van der Waals surface area contributed by atoms with Gasteiger partial charge in [0.25, 0.3) is 11.6 Å². The maximum absolute atomic E-state index is 12.3. The van der Waals surface area contributed by atoms with Crippen LogP contribution >= 0.6 is 0 Å². The van der Waals surface area contributed by atoms with E-state index in [2.05, 4.69) is 15.6 Å². The molecule has 1 aromatic carbocycles. The quantitative estimate of drug-likeness (QED) is 0.665. The van der Waals surface area contributed by atoms with Gasteiger partial charge in [0.05, 0.1) is 22.4 Å². The van der Waals surface area contributed by atoms with Crippen molar-refractivity contribution in [2.24, 2.45) is 0 Å². The van der Waals surface area contributed by atoms with Crippen molar-refractivity contribution >= 4 is 23.0 Å². The summed E-state index contributed by atoms with van der Waals surface area (Å²) in [6, 6.07) is 5.85. The number of aromatic nitrogens is 1. The second-order valence-electron chi connectivity index (χ2n) is 4.44. The highest BCUT2D eigenvalue weighted by atomic mass is 16.6. The summed E-state index contributed by atoms with van der Waals surface area (Å²) >= 11 is 0. The molecule has 21 heavy (non-hydrogen) atoms. The van der Waals surface area contributed by atoms with Gasteiger partial charge in [-0.3, -0.25) is 19.9 Å². The number of pyridine rings is 1. The minimum absolute atomic E-state index is 0.137. The molecule has 0 aliphatic heterocycles. The number of nitro groups is 1. The van der Waals surface area contributed by atoms with Crippen LogP contribution in [0, 0.1) is 17.0 Å². The molecule has 0 atom stereocenters. The van der Waals surface area contributed by atoms with Gasteiger partial charge in [0.2, 0.25) is 0 Å². The number of carbonyl (C=O) groups is 1. The van der Waals surface area contributed by atoms with Crippen molar-refractivity contribution < 1.29 is 9.72 Å². The summed E-state index contributed by atoms with van der Waals surface area (Å²) in [4.78, 5) is 26.5. The van der Waals surface area contributed by atoms with E-state index in [9.17, 15) is 14.9 Å². The molecule has 0 aliphatic rings. The molecule has 0 spiro atoms. The normalized spacial score (nSPS) is 10.0. The molecule has 1 amide bonds. The Morgan fingerprint density at radius 1 is 1.29 bits per heavy atom. The number of benzene rings is 1. The monoisotopic (exact) mass is 286 g/mol. The number of rotatable bonds is 4. The molecular formula is C14H14N4O3. The standard InChI is InChI=1S/C14H14N4O3/c1-9-5-10(8-16-7-9)17-14(19)12-6-11(18(20)21)3-4-13(12)15-2/h3-8,15H,1-2H3,(H,17,19). The van der Waals surface area contributed by atoms with Gasteiger partial charge in [-0.15, -0.1) is 0 Å². The van der Waals surface area contributed by atoms with Gasteiger partial charge in [0, 0.05) is 31.1 Å². The second-order valence-corrected chi connectivity index (χ2v) is 4.44. The van der Waals surface area contributed by atoms with Crippen LogP contribution in [0.1, 0.15) is 15.9 Å². The van der Waals surface area contributed by atoms with E-state index in [4.69, 9.17) is 0 Å². The highest BCUT2D eigenvalue weighted by molar-refractivity contribution is 6.08. The van der Waals surface area contributed by atoms with Gasteiger partial charge in [-0.05, 0) is 24.6 Å². The van der Waals surface area contributed by atoms with E-state index >= 15 is 0 Å². The fraction of sp³-hybridized carbons (Fsp3) is 0.143. The summed E-state index contributed by atoms with van der Waals surface area (Å²) < 4.78 is 0. The van der Waals surface area contributed by atoms with Crippen LogP contribution in [0.3, 0.4) is 0 Å². The van der Waals surface area contributed by atoms with Crippen LogP contribution in [0.25, 0.3) is 0 Å². The molecular weight excluding hydrogens is 272 g/mol. The third kappa shape index (κ3) is 3.33. The van der Waals surface area contributed by atoms with E-state index in [0.29, 0.717) is 11.4 Å². The lowest BCUT2D eigenvalue weighted by atomic mass is 10.1. The van der Waals surface area contributed by atoms with E-state index in [1.165, 1.54) is 24.4 Å². The van der Waals surface area contributed by atoms with Crippen LogP contribution in [0.15, 0.2) is 36.7 Å². The van der Waals surface area contributed by atoms with Gasteiger partial charge in [-0.2, -0.15) is 0 Å². The van der Waals surface area contributed by atoms with Gasteiger partial charge >= 0.3 is 0 Å². The van der Waals surface area contributed by atoms with Gasteiger partial charge < -0.3 is 10.6 Å². The van der Waals surface area contributed by atoms with Crippen molar-refractivity contribution in [3.63, 3.8) is 0 Å². The van der Waals surface area contributed by atoms with Crippen molar-refractivity contribution in [2.75, 3.05) is 17.7 Å². The molecule has 1 aromatic heterocycles. The van der Waals surface area contributed by atoms with Crippen LogP contribution in [-0.4, -0.2) is 22.9 Å². The number of anilines is 2. The van der Waals surface area contributed by atoms with Gasteiger partial charge in [-0.1, -0.05) is 0 Å². The molecule has 7 heteroatoms. The molecule has 0 unspecified atom stereocenters. The number of nitro benzene ring substituents is 1. The minimum atomic E-state index is -0.537. The molecule has 1 heterocycles. The lowest BCUT2D eigenvalue weighted by Gasteiger charge is -2.10. The maximum Gasteiger partial charge on any atom is 0.270 e. The Balaban J connectivity index is 2.33. The van der Waals surface area contributed by atoms with Gasteiger partial charge in [0.1, 0.15) is 0 Å². The van der Waals surface area contributed by atoms with Crippen molar-refractivity contribution in [1.29, 1.82) is 0 Å². The first-order valence-corrected chi connectivity index (χ1v) is 6.20. The Kier molecular flexibility index (Phi) is 4.13. The molecule has 108 valence electrons. The van der Waals surface area contributed by atoms with Crippen molar-refractivity contribution in [1.82, 2.24) is 4.98 Å². The Hall–Kier alpha value is -2.96. The number of nitrogens with one attached hydrogen (secondary N) is 2. The molecule has 2 rings (SSSR count). The van der Waals surface area contributed by atoms with Crippen molar-refractivity contribution in [2.45, 2.75) is 6.92 Å². The summed E-state index contributed by atoms with van der Waals surface area (Å²) in [6.45, 7) is 1.86. The first-order valence-electron chi connectivity index (χ1n) is 6.20. The molecule has 2 N–H and O–H groups in total. The number of hydrogen-bond donors (Lipinski definition) is 2. The van der Waals surface area contributed by atoms with Crippen molar-refractivity contribution in [3.05, 3.63) is 57.9 Å². The zero-order chi connectivity index (χ0) is 15.4. The Labute approximate surface area is 121 Å². The topological polar surface area (TPSA) is 97.2 Å². The summed E-state index contributed by atoms with van der Waals surface area (Å²) in [7, 11) is 1.65. The minimum Gasteiger partial charge on any atom is -0.387 e. The van der Waals surface area contributed by atoms with E-state index in [1.54, 1.807) is 19.3 Å². The number of non-ortho nitro benzene ring substituents is 1. The van der Waals surface area contributed by atoms with E-state index in [-0.39, 0.29) is 11.3 Å². The number of nitrogens with zero attached hydrogens (tertiary/aromatic N) is 2. The molecule has 2 aromatic rings. The summed E-state index contributed by atoms with van der Waals surface area (Å²) in [5.41, 5.74) is 2.02. The first kappa shape index (κ1) is 14.4. The van der Waals surface area contributed by atoms with Crippen LogP contribution in [0.2, 0.25) is 0 Å². The zero-order valence-corrected chi connectivity index (χ0v) is 11.6. The summed E-state index contributed by atoms with van der Waals surface area (Å²) in [5, 5.41) is 16.3. The van der Waals surface area contributed by atoms with Crippen LogP contribution in [0.5, 0.6) is 0 Å². The summed E-state index contributed by atoms with van der Waals surface area (Å²) in [5.74, 6) is -0.435. The maximum atomic E-state index is 12.3. The Bertz CT molecular complexity index is 700. The lowest BCUT2D eigenvalue weighted by Crippen LogP contribution is -2.14. The van der Waals surface area contributed by atoms with Crippen molar-refractivity contribution in [3.8, 4) is 0 Å². The number of aryl methyl sites for hydroxylation is 1. The molecule has 7 nitrogen and oxygen atoms in total. The zero-order valence-electron chi connectivity index (χ0n) is 11.6. The second kappa shape index (κ2) is 6.00. The van der Waals surface area contributed by atoms with Gasteiger partial charge in [-0.25, -0.2) is 0 Å². The fourth-order valence-electron chi connectivity index (χ4n) is 1.87. The van der Waals surface area contributed by atoms with Crippen LogP contribution in [-0.2, 0) is 0 Å². The molecule has 0 fully saturated rings. The largest absolute Gasteiger partial charge is 0.387 e. The number of carbonyl (C=O) groups excluding carboxylic acids is 1. The smallest absolute Gasteiger partial charge is 0.270 e. The van der Waals surface area contributed by atoms with Gasteiger partial charge in [0.15, 0.2) is 0 Å². The van der Waals surface area contributed by atoms with E-state index < -0.39 is 10.8 Å². The van der Waals surface area contributed by atoms with Crippen LogP contribution < -0.4 is 10.6 Å². The third-order valence-corrected chi connectivity index (χ3v) is 2.86. The predicted octanol–water partition coefficient (Wildman–Crippen LogP) is 2.59. The molecule has 0 saturated carbocycles. The highest BCUT2D eigenvalue weighted by Crippen LogP contribution is 2.23. The number of amides is 1. The highest BCUT2D eigenvalue weighted by Gasteiger charge is 2.16. The lowest BCUT2D eigenvalue weighted by molar-refractivity contribution is -0.384. The molecule has 0 saturated heterocycles. The number of hydrogen-bond acceptors (Lipinski definition) is 5. The third-order valence-electron chi connectivity index (χ3n) is 2.86. The van der Waals surface area contributed by atoms with E-state index in [1.807, 2.05) is 6.92 Å². The fourth-order valence-corrected chi connectivity index (χ4v) is 1.87. The molecule has 0 bridgehead atoms. The predicted molar refractivity (Wildman–Crippen MR) is 79.6 cm³/mol. The Morgan fingerprint density at radius 2 is 2.05 bits per heavy atom. The first-order chi connectivity index (χ1) is 10.0. The Morgan fingerprint density at radius 3 is 2.67 bits per heavy atom. The average molecular weight is 286 g/mol. The summed E-state index contributed by atoms with van der Waals surface area (Å²) in [6.07, 6.45) is 3.18. The van der Waals surface area contributed by atoms with E-state index in [0.717, 1.165) is 5.56 Å². The molecule has 0 aliphatic carbocycles. The SMILES string of the molecule is CNc1ccc([N+](=O)[O-])cc1C(=O)Nc1cncc(C)c1. The van der Waals surface area contributed by atoms with Crippen LogP contribution in [0.4, 0.5) is 17.1 Å². The average Bonchev–Trinajstić information content (AvgIpc) is 2.46.